The number of amides is 1. The number of nitrogens with one attached hydrogen (secondary N) is 3. The monoisotopic (exact) mass is 251 g/mol. The standard InChI is InChI=1S/C14H25N3O/c1-9(12-7-10-2-3-11(12)6-10)17-14(18)13-8-15-4-5-16-13/h9-13,15-16H,2-8H2,1H3,(H,17,18). The van der Waals surface area contributed by atoms with Gasteiger partial charge in [0, 0.05) is 25.7 Å². The highest BCUT2D eigenvalue weighted by atomic mass is 16.2. The zero-order chi connectivity index (χ0) is 12.5. The van der Waals surface area contributed by atoms with E-state index in [-0.39, 0.29) is 11.9 Å². The molecule has 1 aliphatic heterocycles. The Hall–Kier alpha value is -0.610. The van der Waals surface area contributed by atoms with Crippen LogP contribution in [0.3, 0.4) is 0 Å². The summed E-state index contributed by atoms with van der Waals surface area (Å²) in [7, 11) is 0. The third-order valence-electron chi connectivity index (χ3n) is 5.16. The maximum Gasteiger partial charge on any atom is 0.238 e. The molecule has 2 saturated carbocycles. The van der Waals surface area contributed by atoms with Crippen molar-refractivity contribution in [2.24, 2.45) is 17.8 Å². The van der Waals surface area contributed by atoms with Crippen LogP contribution in [0.1, 0.15) is 32.6 Å². The van der Waals surface area contributed by atoms with Crippen molar-refractivity contribution in [3.8, 4) is 0 Å². The Morgan fingerprint density at radius 2 is 2.17 bits per heavy atom. The second-order valence-electron chi connectivity index (χ2n) is 6.35. The van der Waals surface area contributed by atoms with Gasteiger partial charge in [0.15, 0.2) is 0 Å². The van der Waals surface area contributed by atoms with Gasteiger partial charge in [-0.1, -0.05) is 6.42 Å². The summed E-state index contributed by atoms with van der Waals surface area (Å²) < 4.78 is 0. The largest absolute Gasteiger partial charge is 0.352 e. The van der Waals surface area contributed by atoms with Crippen molar-refractivity contribution in [2.45, 2.75) is 44.7 Å². The van der Waals surface area contributed by atoms with Gasteiger partial charge in [-0.2, -0.15) is 0 Å². The lowest BCUT2D eigenvalue weighted by atomic mass is 9.84. The number of carbonyl (C=O) groups excluding carboxylic acids is 1. The van der Waals surface area contributed by atoms with E-state index in [1.165, 1.54) is 25.7 Å². The summed E-state index contributed by atoms with van der Waals surface area (Å²) in [6.07, 6.45) is 5.56. The molecule has 5 unspecified atom stereocenters. The molecule has 5 atom stereocenters. The first-order chi connectivity index (χ1) is 8.74. The topological polar surface area (TPSA) is 53.2 Å². The number of rotatable bonds is 3. The van der Waals surface area contributed by atoms with Crippen LogP contribution in [0.25, 0.3) is 0 Å². The normalized spacial score (nSPS) is 40.7. The van der Waals surface area contributed by atoms with Crippen LogP contribution < -0.4 is 16.0 Å². The summed E-state index contributed by atoms with van der Waals surface area (Å²) in [6, 6.07) is 0.302. The number of piperazine rings is 1. The van der Waals surface area contributed by atoms with Crippen LogP contribution >= 0.6 is 0 Å². The lowest BCUT2D eigenvalue weighted by molar-refractivity contribution is -0.124. The average Bonchev–Trinajstić information content (AvgIpc) is 3.02. The molecule has 1 saturated heterocycles. The van der Waals surface area contributed by atoms with Crippen molar-refractivity contribution in [1.82, 2.24) is 16.0 Å². The van der Waals surface area contributed by atoms with Gasteiger partial charge in [-0.25, -0.2) is 0 Å². The molecule has 1 amide bonds. The molecule has 18 heavy (non-hydrogen) atoms. The van der Waals surface area contributed by atoms with E-state index in [4.69, 9.17) is 0 Å². The maximum atomic E-state index is 12.2. The molecule has 1 heterocycles. The molecule has 3 aliphatic rings. The molecule has 0 aromatic rings. The van der Waals surface area contributed by atoms with E-state index in [0.717, 1.165) is 37.4 Å². The third kappa shape index (κ3) is 2.41. The number of carbonyl (C=O) groups is 1. The molecule has 4 heteroatoms. The van der Waals surface area contributed by atoms with E-state index in [1.54, 1.807) is 0 Å². The molecule has 0 aromatic carbocycles. The Balaban J connectivity index is 1.51. The second-order valence-corrected chi connectivity index (χ2v) is 6.35. The second kappa shape index (κ2) is 5.17. The first-order valence-electron chi connectivity index (χ1n) is 7.48. The van der Waals surface area contributed by atoms with Crippen molar-refractivity contribution in [1.29, 1.82) is 0 Å². The van der Waals surface area contributed by atoms with Crippen LogP contribution in [0.4, 0.5) is 0 Å². The van der Waals surface area contributed by atoms with Gasteiger partial charge in [0.25, 0.3) is 0 Å². The fourth-order valence-electron chi connectivity index (χ4n) is 4.18. The Bertz CT molecular complexity index is 314. The van der Waals surface area contributed by atoms with E-state index < -0.39 is 0 Å². The van der Waals surface area contributed by atoms with Crippen LogP contribution in [0.15, 0.2) is 0 Å². The summed E-state index contributed by atoms with van der Waals surface area (Å²) >= 11 is 0. The van der Waals surface area contributed by atoms with E-state index in [2.05, 4.69) is 22.9 Å². The lowest BCUT2D eigenvalue weighted by Gasteiger charge is -2.31. The highest BCUT2D eigenvalue weighted by molar-refractivity contribution is 5.82. The van der Waals surface area contributed by atoms with Crippen LogP contribution in [0.2, 0.25) is 0 Å². The minimum atomic E-state index is -0.0419. The highest BCUT2D eigenvalue weighted by Crippen LogP contribution is 2.49. The fourth-order valence-corrected chi connectivity index (χ4v) is 4.18. The Kier molecular flexibility index (Phi) is 3.57. The maximum absolute atomic E-state index is 12.2. The average molecular weight is 251 g/mol. The first kappa shape index (κ1) is 12.4. The van der Waals surface area contributed by atoms with Crippen molar-refractivity contribution in [2.75, 3.05) is 19.6 Å². The van der Waals surface area contributed by atoms with E-state index in [9.17, 15) is 4.79 Å². The minimum Gasteiger partial charge on any atom is -0.352 e. The van der Waals surface area contributed by atoms with Gasteiger partial charge >= 0.3 is 0 Å². The van der Waals surface area contributed by atoms with Crippen LogP contribution in [0.5, 0.6) is 0 Å². The summed E-state index contributed by atoms with van der Waals surface area (Å²) in [5.74, 6) is 2.73. The first-order valence-corrected chi connectivity index (χ1v) is 7.48. The molecule has 3 fully saturated rings. The summed E-state index contributed by atoms with van der Waals surface area (Å²) in [6.45, 7) is 4.81. The molecule has 4 nitrogen and oxygen atoms in total. The minimum absolute atomic E-state index is 0.0419. The van der Waals surface area contributed by atoms with Crippen LogP contribution in [-0.4, -0.2) is 37.6 Å². The van der Waals surface area contributed by atoms with Gasteiger partial charge in [0.05, 0.1) is 6.04 Å². The number of hydrogen-bond donors (Lipinski definition) is 3. The Labute approximate surface area is 109 Å². The van der Waals surface area contributed by atoms with Gasteiger partial charge in [0.1, 0.15) is 0 Å². The molecule has 2 bridgehead atoms. The summed E-state index contributed by atoms with van der Waals surface area (Å²) in [4.78, 5) is 12.2. The van der Waals surface area contributed by atoms with Gasteiger partial charge in [-0.05, 0) is 43.9 Å². The van der Waals surface area contributed by atoms with Crippen molar-refractivity contribution in [3.63, 3.8) is 0 Å². The SMILES string of the molecule is CC(NC(=O)C1CNCCN1)C1CC2CCC1C2. The van der Waals surface area contributed by atoms with Gasteiger partial charge < -0.3 is 16.0 Å². The van der Waals surface area contributed by atoms with Crippen LogP contribution in [0, 0.1) is 17.8 Å². The van der Waals surface area contributed by atoms with E-state index in [0.29, 0.717) is 6.04 Å². The molecule has 0 spiro atoms. The van der Waals surface area contributed by atoms with E-state index >= 15 is 0 Å². The predicted octanol–water partition coefficient (Wildman–Crippen LogP) is 0.489. The lowest BCUT2D eigenvalue weighted by Crippen LogP contribution is -2.57. The molecule has 102 valence electrons. The third-order valence-corrected chi connectivity index (χ3v) is 5.16. The molecular weight excluding hydrogens is 226 g/mol. The number of fused-ring (bicyclic) bond motifs is 2. The molecular formula is C14H25N3O. The summed E-state index contributed by atoms with van der Waals surface area (Å²) in [5.41, 5.74) is 0. The summed E-state index contributed by atoms with van der Waals surface area (Å²) in [5, 5.41) is 9.77. The number of hydrogen-bond acceptors (Lipinski definition) is 3. The Morgan fingerprint density at radius 1 is 1.28 bits per heavy atom. The van der Waals surface area contributed by atoms with Gasteiger partial charge in [-0.15, -0.1) is 0 Å². The predicted molar refractivity (Wildman–Crippen MR) is 71.2 cm³/mol. The van der Waals surface area contributed by atoms with Crippen molar-refractivity contribution < 1.29 is 4.79 Å². The zero-order valence-corrected chi connectivity index (χ0v) is 11.2. The van der Waals surface area contributed by atoms with E-state index in [1.807, 2.05) is 0 Å². The molecule has 3 rings (SSSR count). The smallest absolute Gasteiger partial charge is 0.238 e. The quantitative estimate of drug-likeness (QED) is 0.684. The van der Waals surface area contributed by atoms with Crippen molar-refractivity contribution in [3.05, 3.63) is 0 Å². The van der Waals surface area contributed by atoms with Gasteiger partial charge in [0.2, 0.25) is 5.91 Å². The molecule has 0 radical (unpaired) electrons. The Morgan fingerprint density at radius 3 is 2.78 bits per heavy atom. The van der Waals surface area contributed by atoms with Crippen molar-refractivity contribution >= 4 is 5.91 Å². The fraction of sp³-hybridized carbons (Fsp3) is 0.929. The molecule has 3 N–H and O–H groups in total. The van der Waals surface area contributed by atoms with Gasteiger partial charge in [-0.3, -0.25) is 4.79 Å². The molecule has 2 aliphatic carbocycles. The molecule has 0 aromatic heterocycles. The zero-order valence-electron chi connectivity index (χ0n) is 11.2. The highest BCUT2D eigenvalue weighted by Gasteiger charge is 2.42. The van der Waals surface area contributed by atoms with Crippen LogP contribution in [-0.2, 0) is 4.79 Å².